The van der Waals surface area contributed by atoms with Crippen molar-refractivity contribution in [3.05, 3.63) is 47.7 Å². The van der Waals surface area contributed by atoms with Crippen LogP contribution in [0.2, 0.25) is 0 Å². The quantitative estimate of drug-likeness (QED) is 0.852. The summed E-state index contributed by atoms with van der Waals surface area (Å²) in [5.74, 6) is 1.02. The zero-order chi connectivity index (χ0) is 15.9. The van der Waals surface area contributed by atoms with E-state index >= 15 is 0 Å². The molecule has 0 saturated carbocycles. The summed E-state index contributed by atoms with van der Waals surface area (Å²) in [4.78, 5) is 12.4. The van der Waals surface area contributed by atoms with Crippen LogP contribution in [0, 0.1) is 12.8 Å². The Bertz CT molecular complexity index is 591. The van der Waals surface area contributed by atoms with E-state index in [9.17, 15) is 4.79 Å². The summed E-state index contributed by atoms with van der Waals surface area (Å²) in [6.07, 6.45) is 2.28. The van der Waals surface area contributed by atoms with Crippen molar-refractivity contribution in [1.29, 1.82) is 0 Å². The Balaban J connectivity index is 2.16. The van der Waals surface area contributed by atoms with E-state index in [-0.39, 0.29) is 17.9 Å². The molecule has 1 N–H and O–H groups in total. The number of carbonyl (C=O) groups excluding carboxylic acids is 1. The van der Waals surface area contributed by atoms with E-state index in [1.807, 2.05) is 44.2 Å². The van der Waals surface area contributed by atoms with Gasteiger partial charge in [0.1, 0.15) is 6.04 Å². The molecule has 0 saturated heterocycles. The van der Waals surface area contributed by atoms with E-state index in [1.165, 1.54) is 0 Å². The van der Waals surface area contributed by atoms with Gasteiger partial charge >= 0.3 is 0 Å². The number of nitrogens with zero attached hydrogens (tertiary/aromatic N) is 2. The number of rotatable bonds is 7. The fourth-order valence-corrected chi connectivity index (χ4v) is 2.45. The lowest BCUT2D eigenvalue weighted by Gasteiger charge is -2.19. The first-order valence-electron chi connectivity index (χ1n) is 7.78. The van der Waals surface area contributed by atoms with Crippen LogP contribution in [-0.4, -0.2) is 16.1 Å². The number of carbonyl (C=O) groups is 1. The average molecular weight is 301 g/mol. The molecule has 5 nitrogen and oxygen atoms in total. The summed E-state index contributed by atoms with van der Waals surface area (Å²) in [6, 6.07) is 9.69. The summed E-state index contributed by atoms with van der Waals surface area (Å²) in [6.45, 7) is 5.80. The molecule has 0 bridgehead atoms. The molecule has 22 heavy (non-hydrogen) atoms. The average Bonchev–Trinajstić information content (AvgIpc) is 2.95. The highest BCUT2D eigenvalue weighted by Crippen LogP contribution is 2.19. The van der Waals surface area contributed by atoms with Crippen LogP contribution in [0.3, 0.4) is 0 Å². The second-order valence-electron chi connectivity index (χ2n) is 5.42. The van der Waals surface area contributed by atoms with Gasteiger partial charge in [0.25, 0.3) is 0 Å². The SMILES string of the molecule is CCC(CC)C(=O)NC(Cc1ccccc1)c1nnc(C)o1. The van der Waals surface area contributed by atoms with Crippen molar-refractivity contribution in [3.63, 3.8) is 0 Å². The molecule has 0 aliphatic heterocycles. The molecule has 0 spiro atoms. The number of amides is 1. The first kappa shape index (κ1) is 16.2. The zero-order valence-corrected chi connectivity index (χ0v) is 13.4. The molecule has 1 aromatic heterocycles. The maximum atomic E-state index is 12.4. The van der Waals surface area contributed by atoms with E-state index in [0.717, 1.165) is 18.4 Å². The van der Waals surface area contributed by atoms with E-state index in [2.05, 4.69) is 15.5 Å². The lowest BCUT2D eigenvalue weighted by atomic mass is 10.0. The Morgan fingerprint density at radius 2 is 1.86 bits per heavy atom. The summed E-state index contributed by atoms with van der Waals surface area (Å²) in [5.41, 5.74) is 1.12. The molecule has 1 unspecified atom stereocenters. The Hall–Kier alpha value is -2.17. The van der Waals surface area contributed by atoms with Crippen LogP contribution in [0.5, 0.6) is 0 Å². The largest absolute Gasteiger partial charge is 0.423 e. The lowest BCUT2D eigenvalue weighted by molar-refractivity contribution is -0.126. The first-order chi connectivity index (χ1) is 10.6. The van der Waals surface area contributed by atoms with Crippen molar-refractivity contribution in [3.8, 4) is 0 Å². The fourth-order valence-electron chi connectivity index (χ4n) is 2.45. The zero-order valence-electron chi connectivity index (χ0n) is 13.4. The van der Waals surface area contributed by atoms with Gasteiger partial charge in [-0.25, -0.2) is 0 Å². The molecule has 0 radical (unpaired) electrons. The Kier molecular flexibility index (Phi) is 5.69. The molecule has 2 rings (SSSR count). The van der Waals surface area contributed by atoms with Crippen LogP contribution >= 0.6 is 0 Å². The van der Waals surface area contributed by atoms with Gasteiger partial charge < -0.3 is 9.73 Å². The third-order valence-electron chi connectivity index (χ3n) is 3.80. The van der Waals surface area contributed by atoms with Crippen molar-refractivity contribution in [1.82, 2.24) is 15.5 Å². The number of aromatic nitrogens is 2. The van der Waals surface area contributed by atoms with Crippen LogP contribution in [-0.2, 0) is 11.2 Å². The monoisotopic (exact) mass is 301 g/mol. The predicted octanol–water partition coefficient (Wildman–Crippen LogP) is 3.21. The molecule has 1 amide bonds. The number of hydrogen-bond acceptors (Lipinski definition) is 4. The summed E-state index contributed by atoms with van der Waals surface area (Å²) >= 11 is 0. The molecule has 2 aromatic rings. The number of aryl methyl sites for hydroxylation is 1. The lowest BCUT2D eigenvalue weighted by Crippen LogP contribution is -2.34. The van der Waals surface area contributed by atoms with Gasteiger partial charge in [-0.05, 0) is 18.4 Å². The van der Waals surface area contributed by atoms with E-state index in [0.29, 0.717) is 18.2 Å². The molecule has 0 fully saturated rings. The smallest absolute Gasteiger partial charge is 0.239 e. The van der Waals surface area contributed by atoms with Gasteiger partial charge in [0.15, 0.2) is 0 Å². The number of nitrogens with one attached hydrogen (secondary N) is 1. The van der Waals surface area contributed by atoms with Crippen molar-refractivity contribution >= 4 is 5.91 Å². The van der Waals surface area contributed by atoms with Crippen molar-refractivity contribution in [2.75, 3.05) is 0 Å². The normalized spacial score (nSPS) is 12.4. The topological polar surface area (TPSA) is 68.0 Å². The van der Waals surface area contributed by atoms with Crippen molar-refractivity contribution in [2.45, 2.75) is 46.1 Å². The van der Waals surface area contributed by atoms with Gasteiger partial charge in [-0.15, -0.1) is 10.2 Å². The molecule has 118 valence electrons. The van der Waals surface area contributed by atoms with Crippen LogP contribution in [0.15, 0.2) is 34.7 Å². The number of benzene rings is 1. The Labute approximate surface area is 131 Å². The minimum atomic E-state index is -0.295. The minimum Gasteiger partial charge on any atom is -0.423 e. The number of hydrogen-bond donors (Lipinski definition) is 1. The van der Waals surface area contributed by atoms with E-state index in [1.54, 1.807) is 6.92 Å². The third-order valence-corrected chi connectivity index (χ3v) is 3.80. The maximum Gasteiger partial charge on any atom is 0.239 e. The standard InChI is InChI=1S/C17H23N3O2/c1-4-14(5-2)16(21)18-15(17-20-19-12(3)22-17)11-13-9-7-6-8-10-13/h6-10,14-15H,4-5,11H2,1-3H3,(H,18,21). The first-order valence-corrected chi connectivity index (χ1v) is 7.78. The minimum absolute atomic E-state index is 0.0160. The highest BCUT2D eigenvalue weighted by molar-refractivity contribution is 5.78. The van der Waals surface area contributed by atoms with Gasteiger partial charge in [-0.1, -0.05) is 44.2 Å². The van der Waals surface area contributed by atoms with E-state index in [4.69, 9.17) is 4.42 Å². The molecule has 1 heterocycles. The summed E-state index contributed by atoms with van der Waals surface area (Å²) < 4.78 is 5.53. The fraction of sp³-hybridized carbons (Fsp3) is 0.471. The molecular formula is C17H23N3O2. The van der Waals surface area contributed by atoms with Gasteiger partial charge in [-0.2, -0.15) is 0 Å². The van der Waals surface area contributed by atoms with Gasteiger partial charge in [-0.3, -0.25) is 4.79 Å². The summed E-state index contributed by atoms with van der Waals surface area (Å²) in [7, 11) is 0. The third kappa shape index (κ3) is 4.16. The Morgan fingerprint density at radius 1 is 1.18 bits per heavy atom. The van der Waals surface area contributed by atoms with Gasteiger partial charge in [0.05, 0.1) is 0 Å². The molecule has 1 aromatic carbocycles. The van der Waals surface area contributed by atoms with Crippen molar-refractivity contribution in [2.24, 2.45) is 5.92 Å². The molecule has 1 atom stereocenters. The second-order valence-corrected chi connectivity index (χ2v) is 5.42. The highest BCUT2D eigenvalue weighted by Gasteiger charge is 2.24. The van der Waals surface area contributed by atoms with Crippen LogP contribution in [0.1, 0.15) is 50.1 Å². The molecular weight excluding hydrogens is 278 g/mol. The molecule has 0 aliphatic carbocycles. The van der Waals surface area contributed by atoms with Crippen LogP contribution < -0.4 is 5.32 Å². The maximum absolute atomic E-state index is 12.4. The second kappa shape index (κ2) is 7.73. The predicted molar refractivity (Wildman–Crippen MR) is 84.1 cm³/mol. The Morgan fingerprint density at radius 3 is 2.41 bits per heavy atom. The molecule has 5 heteroatoms. The van der Waals surface area contributed by atoms with Crippen LogP contribution in [0.25, 0.3) is 0 Å². The van der Waals surface area contributed by atoms with Gasteiger partial charge in [0, 0.05) is 19.3 Å². The molecule has 0 aliphatic rings. The van der Waals surface area contributed by atoms with Gasteiger partial charge in [0.2, 0.25) is 17.7 Å². The van der Waals surface area contributed by atoms with Crippen LogP contribution in [0.4, 0.5) is 0 Å². The van der Waals surface area contributed by atoms with E-state index < -0.39 is 0 Å². The van der Waals surface area contributed by atoms with Crippen molar-refractivity contribution < 1.29 is 9.21 Å². The summed E-state index contributed by atoms with van der Waals surface area (Å²) in [5, 5.41) is 11.0. The highest BCUT2D eigenvalue weighted by atomic mass is 16.4.